The summed E-state index contributed by atoms with van der Waals surface area (Å²) in [5.74, 6) is 1.43. The van der Waals surface area contributed by atoms with E-state index in [1.165, 1.54) is 0 Å². The molecule has 0 bridgehead atoms. The molecule has 1 aromatic carbocycles. The molecule has 1 aromatic rings. The second kappa shape index (κ2) is 7.04. The van der Waals surface area contributed by atoms with E-state index in [0.717, 1.165) is 12.8 Å². The van der Waals surface area contributed by atoms with Crippen molar-refractivity contribution in [2.75, 3.05) is 39.8 Å². The lowest BCUT2D eigenvalue weighted by atomic mass is 10.0. The SMILES string of the molecule is COc1cccc(C(=O)N2C[C@@H]3CN(C(=O)C4CC(=O)N(C5CC5)C4)C[C@@H]3C2)c1. The number of carbonyl (C=O) groups is 3. The average Bonchev–Trinajstić information content (AvgIpc) is 3.20. The number of nitrogens with zero attached hydrogens (tertiary/aromatic N) is 3. The monoisotopic (exact) mass is 397 g/mol. The third-order valence-corrected chi connectivity index (χ3v) is 6.90. The third kappa shape index (κ3) is 3.36. The minimum atomic E-state index is -0.184. The highest BCUT2D eigenvalue weighted by atomic mass is 16.5. The predicted octanol–water partition coefficient (Wildman–Crippen LogP) is 1.24. The standard InChI is InChI=1S/C22H27N3O4/c1-29-19-4-2-3-14(7-19)21(27)23-9-16-11-24(12-17(16)10-23)22(28)15-8-20(26)25(13-15)18-5-6-18/h2-4,7,15-18H,5-6,8-13H2,1H3/t15?,16-,17+. The van der Waals surface area contributed by atoms with Crippen molar-refractivity contribution in [3.63, 3.8) is 0 Å². The Labute approximate surface area is 170 Å². The maximum Gasteiger partial charge on any atom is 0.254 e. The summed E-state index contributed by atoms with van der Waals surface area (Å²) >= 11 is 0. The van der Waals surface area contributed by atoms with Crippen LogP contribution in [0.1, 0.15) is 29.6 Å². The van der Waals surface area contributed by atoms with Crippen molar-refractivity contribution < 1.29 is 19.1 Å². The number of likely N-dealkylation sites (tertiary alicyclic amines) is 3. The second-order valence-corrected chi connectivity index (χ2v) is 8.88. The van der Waals surface area contributed by atoms with Crippen LogP contribution in [0.25, 0.3) is 0 Å². The van der Waals surface area contributed by atoms with Gasteiger partial charge in [-0.15, -0.1) is 0 Å². The first kappa shape index (κ1) is 18.5. The lowest BCUT2D eigenvalue weighted by Crippen LogP contribution is -2.39. The summed E-state index contributed by atoms with van der Waals surface area (Å²) in [5.41, 5.74) is 0.641. The zero-order valence-electron chi connectivity index (χ0n) is 16.8. The number of carbonyl (C=O) groups excluding carboxylic acids is 3. The Kier molecular flexibility index (Phi) is 4.48. The molecule has 3 saturated heterocycles. The fraction of sp³-hybridized carbons (Fsp3) is 0.591. The van der Waals surface area contributed by atoms with Crippen molar-refractivity contribution >= 4 is 17.7 Å². The van der Waals surface area contributed by atoms with Gasteiger partial charge in [0.25, 0.3) is 5.91 Å². The number of methoxy groups -OCH3 is 1. The van der Waals surface area contributed by atoms with E-state index in [-0.39, 0.29) is 23.6 Å². The van der Waals surface area contributed by atoms with Crippen LogP contribution in [0, 0.1) is 17.8 Å². The molecule has 154 valence electrons. The fourth-order valence-electron chi connectivity index (χ4n) is 5.17. The maximum absolute atomic E-state index is 13.0. The Morgan fingerprint density at radius 2 is 1.69 bits per heavy atom. The molecule has 5 rings (SSSR count). The molecule has 1 saturated carbocycles. The average molecular weight is 397 g/mol. The van der Waals surface area contributed by atoms with E-state index in [2.05, 4.69) is 0 Å². The quantitative estimate of drug-likeness (QED) is 0.767. The van der Waals surface area contributed by atoms with Gasteiger partial charge in [0.15, 0.2) is 0 Å². The Morgan fingerprint density at radius 1 is 1.00 bits per heavy atom. The summed E-state index contributed by atoms with van der Waals surface area (Å²) in [4.78, 5) is 43.8. The molecule has 1 unspecified atom stereocenters. The van der Waals surface area contributed by atoms with Crippen LogP contribution in [0.2, 0.25) is 0 Å². The molecule has 29 heavy (non-hydrogen) atoms. The minimum Gasteiger partial charge on any atom is -0.497 e. The Hall–Kier alpha value is -2.57. The zero-order valence-corrected chi connectivity index (χ0v) is 16.8. The highest BCUT2D eigenvalue weighted by molar-refractivity contribution is 5.95. The van der Waals surface area contributed by atoms with Gasteiger partial charge in [-0.3, -0.25) is 14.4 Å². The van der Waals surface area contributed by atoms with E-state index in [4.69, 9.17) is 4.74 Å². The van der Waals surface area contributed by atoms with E-state index >= 15 is 0 Å². The van der Waals surface area contributed by atoms with E-state index in [9.17, 15) is 14.4 Å². The first-order chi connectivity index (χ1) is 14.0. The molecule has 0 N–H and O–H groups in total. The van der Waals surface area contributed by atoms with E-state index in [1.54, 1.807) is 13.2 Å². The molecule has 7 heteroatoms. The van der Waals surface area contributed by atoms with Crippen LogP contribution >= 0.6 is 0 Å². The van der Waals surface area contributed by atoms with Crippen LogP contribution in [-0.2, 0) is 9.59 Å². The van der Waals surface area contributed by atoms with Crippen molar-refractivity contribution in [1.82, 2.24) is 14.7 Å². The van der Waals surface area contributed by atoms with Gasteiger partial charge in [0.2, 0.25) is 11.8 Å². The van der Waals surface area contributed by atoms with Crippen molar-refractivity contribution in [3.8, 4) is 5.75 Å². The lowest BCUT2D eigenvalue weighted by molar-refractivity contribution is -0.135. The van der Waals surface area contributed by atoms with Crippen LogP contribution in [0.3, 0.4) is 0 Å². The van der Waals surface area contributed by atoms with Crippen LogP contribution in [0.4, 0.5) is 0 Å². The summed E-state index contributed by atoms with van der Waals surface area (Å²) in [7, 11) is 1.59. The number of fused-ring (bicyclic) bond motifs is 1. The largest absolute Gasteiger partial charge is 0.497 e. The lowest BCUT2D eigenvalue weighted by Gasteiger charge is -2.24. The van der Waals surface area contributed by atoms with Crippen LogP contribution < -0.4 is 4.74 Å². The van der Waals surface area contributed by atoms with Gasteiger partial charge in [0, 0.05) is 62.6 Å². The molecule has 7 nitrogen and oxygen atoms in total. The second-order valence-electron chi connectivity index (χ2n) is 8.88. The Morgan fingerprint density at radius 3 is 2.34 bits per heavy atom. The first-order valence-electron chi connectivity index (χ1n) is 10.5. The van der Waals surface area contributed by atoms with Gasteiger partial charge in [-0.2, -0.15) is 0 Å². The molecule has 3 aliphatic heterocycles. The maximum atomic E-state index is 13.0. The van der Waals surface area contributed by atoms with Gasteiger partial charge in [0.05, 0.1) is 13.0 Å². The molecule has 0 radical (unpaired) electrons. The van der Waals surface area contributed by atoms with Gasteiger partial charge in [-0.1, -0.05) is 6.07 Å². The van der Waals surface area contributed by atoms with Crippen molar-refractivity contribution in [3.05, 3.63) is 29.8 Å². The zero-order chi connectivity index (χ0) is 20.1. The molecule has 3 atom stereocenters. The Bertz CT molecular complexity index is 838. The van der Waals surface area contributed by atoms with Crippen molar-refractivity contribution in [2.45, 2.75) is 25.3 Å². The van der Waals surface area contributed by atoms with E-state index in [1.807, 2.05) is 32.9 Å². The molecule has 3 heterocycles. The number of amides is 3. The molecule has 0 spiro atoms. The number of ether oxygens (including phenoxy) is 1. The fourth-order valence-corrected chi connectivity index (χ4v) is 5.17. The topological polar surface area (TPSA) is 70.2 Å². The molecule has 4 fully saturated rings. The third-order valence-electron chi connectivity index (χ3n) is 6.90. The van der Waals surface area contributed by atoms with E-state index < -0.39 is 0 Å². The van der Waals surface area contributed by atoms with Crippen LogP contribution in [0.15, 0.2) is 24.3 Å². The van der Waals surface area contributed by atoms with Gasteiger partial charge < -0.3 is 19.4 Å². The Balaban J connectivity index is 1.18. The number of hydrogen-bond acceptors (Lipinski definition) is 4. The molecular formula is C22H27N3O4. The summed E-state index contributed by atoms with van der Waals surface area (Å²) in [5, 5.41) is 0. The summed E-state index contributed by atoms with van der Waals surface area (Å²) in [6, 6.07) is 7.63. The highest BCUT2D eigenvalue weighted by Crippen LogP contribution is 2.36. The van der Waals surface area contributed by atoms with Crippen molar-refractivity contribution in [2.24, 2.45) is 17.8 Å². The molecule has 0 aromatic heterocycles. The summed E-state index contributed by atoms with van der Waals surface area (Å²) < 4.78 is 5.22. The predicted molar refractivity (Wildman–Crippen MR) is 105 cm³/mol. The van der Waals surface area contributed by atoms with Crippen LogP contribution in [0.5, 0.6) is 5.75 Å². The molecule has 1 aliphatic carbocycles. The number of hydrogen-bond donors (Lipinski definition) is 0. The first-order valence-corrected chi connectivity index (χ1v) is 10.5. The molecule has 3 amide bonds. The van der Waals surface area contributed by atoms with Gasteiger partial charge in [0.1, 0.15) is 5.75 Å². The highest BCUT2D eigenvalue weighted by Gasteiger charge is 2.47. The molecular weight excluding hydrogens is 370 g/mol. The van der Waals surface area contributed by atoms with Crippen LogP contribution in [-0.4, -0.2) is 78.3 Å². The van der Waals surface area contributed by atoms with E-state index in [0.29, 0.717) is 68.3 Å². The van der Waals surface area contributed by atoms with Gasteiger partial charge in [-0.05, 0) is 31.0 Å². The number of benzene rings is 1. The number of rotatable bonds is 4. The minimum absolute atomic E-state index is 0.0256. The smallest absolute Gasteiger partial charge is 0.254 e. The normalized spacial score (nSPS) is 28.8. The summed E-state index contributed by atoms with van der Waals surface area (Å²) in [6.07, 6.45) is 2.52. The summed E-state index contributed by atoms with van der Waals surface area (Å²) in [6.45, 7) is 3.35. The van der Waals surface area contributed by atoms with Gasteiger partial charge >= 0.3 is 0 Å². The molecule has 4 aliphatic rings. The van der Waals surface area contributed by atoms with Crippen molar-refractivity contribution in [1.29, 1.82) is 0 Å². The van der Waals surface area contributed by atoms with Gasteiger partial charge in [-0.25, -0.2) is 0 Å².